The number of nitrogens with zero attached hydrogens (tertiary/aromatic N) is 2. The Morgan fingerprint density at radius 2 is 1.73 bits per heavy atom. The minimum absolute atomic E-state index is 0.00428. The summed E-state index contributed by atoms with van der Waals surface area (Å²) in [5.74, 6) is -2.79. The van der Waals surface area contributed by atoms with Crippen molar-refractivity contribution >= 4 is 39.3 Å². The van der Waals surface area contributed by atoms with Crippen molar-refractivity contribution in [2.75, 3.05) is 31.6 Å². The van der Waals surface area contributed by atoms with Crippen molar-refractivity contribution < 1.29 is 55.3 Å². The van der Waals surface area contributed by atoms with E-state index in [2.05, 4.69) is 26.0 Å². The average Bonchev–Trinajstić information content (AvgIpc) is 3.04. The van der Waals surface area contributed by atoms with Gasteiger partial charge in [-0.05, 0) is 75.6 Å². The molecule has 1 saturated heterocycles. The molecule has 0 spiro atoms. The van der Waals surface area contributed by atoms with Gasteiger partial charge in [-0.2, -0.15) is 13.2 Å². The van der Waals surface area contributed by atoms with Gasteiger partial charge in [-0.3, -0.25) is 14.4 Å². The number of phenols is 1. The van der Waals surface area contributed by atoms with Crippen LogP contribution in [0.2, 0.25) is 0 Å². The van der Waals surface area contributed by atoms with Gasteiger partial charge in [0.05, 0.1) is 27.8 Å². The van der Waals surface area contributed by atoms with Crippen molar-refractivity contribution in [1.29, 1.82) is 0 Å². The molecule has 9 nitrogen and oxygen atoms in total. The monoisotopic (exact) mass is 687 g/mol. The Morgan fingerprint density at radius 1 is 0.977 bits per heavy atom. The quantitative estimate of drug-likeness (QED) is 0.347. The maximum absolute atomic E-state index is 13.5. The topological polar surface area (TPSA) is 108 Å². The molecular formula is C28H20BrF6N3O6. The van der Waals surface area contributed by atoms with E-state index in [9.17, 15) is 45.8 Å². The van der Waals surface area contributed by atoms with Crippen molar-refractivity contribution in [2.45, 2.75) is 18.6 Å². The molecule has 1 atom stereocenters. The van der Waals surface area contributed by atoms with Crippen molar-refractivity contribution in [3.8, 4) is 28.4 Å². The van der Waals surface area contributed by atoms with Crippen molar-refractivity contribution in [1.82, 2.24) is 9.80 Å². The van der Waals surface area contributed by atoms with Crippen LogP contribution in [-0.2, 0) is 15.8 Å². The standard InChI is InChI=1S/C28H20BrF6N3O6/c29-20-11-18(44-28(33,34)35)2-4-23(20)43-13-24(40)37-5-6-38-22(12-37)25(41)36-21-3-1-14(9-19(21)26(38)42)15-7-16(27(30,31)32)10-17(39)8-15/h1-4,7-11,22,39H,5-6,12-13H2,(H,36,41)/t22-/m0/s1. The Hall–Kier alpha value is -4.47. The van der Waals surface area contributed by atoms with Gasteiger partial charge < -0.3 is 29.7 Å². The number of phenolic OH excluding ortho intramolecular Hbond substituents is 1. The number of amides is 3. The molecule has 2 N–H and O–H groups in total. The van der Waals surface area contributed by atoms with Crippen LogP contribution in [0.3, 0.4) is 0 Å². The molecule has 0 radical (unpaired) electrons. The minimum atomic E-state index is -4.89. The number of anilines is 1. The van der Waals surface area contributed by atoms with E-state index >= 15 is 0 Å². The second-order valence-electron chi connectivity index (χ2n) is 9.80. The maximum Gasteiger partial charge on any atom is 0.573 e. The van der Waals surface area contributed by atoms with Crippen molar-refractivity contribution in [2.24, 2.45) is 0 Å². The summed E-state index contributed by atoms with van der Waals surface area (Å²) in [7, 11) is 0. The van der Waals surface area contributed by atoms with Crippen LogP contribution in [0.5, 0.6) is 17.2 Å². The third-order valence-electron chi connectivity index (χ3n) is 6.87. The lowest BCUT2D eigenvalue weighted by molar-refractivity contribution is -0.274. The highest BCUT2D eigenvalue weighted by atomic mass is 79.9. The van der Waals surface area contributed by atoms with Gasteiger partial charge in [-0.15, -0.1) is 13.2 Å². The average molecular weight is 688 g/mol. The van der Waals surface area contributed by atoms with Gasteiger partial charge in [0.1, 0.15) is 23.3 Å². The van der Waals surface area contributed by atoms with Gasteiger partial charge in [0.2, 0.25) is 5.91 Å². The number of fused-ring (bicyclic) bond motifs is 2. The number of aromatic hydroxyl groups is 1. The van der Waals surface area contributed by atoms with Crippen LogP contribution >= 0.6 is 15.9 Å². The van der Waals surface area contributed by atoms with Crippen LogP contribution in [0.1, 0.15) is 15.9 Å². The summed E-state index contributed by atoms with van der Waals surface area (Å²) in [6.45, 7) is -0.743. The minimum Gasteiger partial charge on any atom is -0.508 e. The van der Waals surface area contributed by atoms with Gasteiger partial charge in [0.25, 0.3) is 11.8 Å². The Kier molecular flexibility index (Phi) is 8.13. The smallest absolute Gasteiger partial charge is 0.508 e. The van der Waals surface area contributed by atoms with E-state index in [1.807, 2.05) is 0 Å². The van der Waals surface area contributed by atoms with Gasteiger partial charge >= 0.3 is 12.5 Å². The van der Waals surface area contributed by atoms with Gasteiger partial charge in [-0.1, -0.05) is 6.07 Å². The highest BCUT2D eigenvalue weighted by molar-refractivity contribution is 9.10. The Morgan fingerprint density at radius 3 is 2.41 bits per heavy atom. The number of piperazine rings is 1. The number of carbonyl (C=O) groups is 3. The van der Waals surface area contributed by atoms with Crippen LogP contribution < -0.4 is 14.8 Å². The number of halogens is 7. The molecule has 16 heteroatoms. The van der Waals surface area contributed by atoms with E-state index in [0.29, 0.717) is 6.07 Å². The first-order chi connectivity index (χ1) is 20.6. The second-order valence-corrected chi connectivity index (χ2v) is 10.7. The molecule has 232 valence electrons. The molecule has 0 unspecified atom stereocenters. The molecule has 0 aromatic heterocycles. The normalized spacial score (nSPS) is 16.9. The molecule has 0 bridgehead atoms. The molecule has 3 amide bonds. The fourth-order valence-corrected chi connectivity index (χ4v) is 5.30. The first-order valence-electron chi connectivity index (χ1n) is 12.7. The molecule has 44 heavy (non-hydrogen) atoms. The Labute approximate surface area is 253 Å². The molecule has 0 aliphatic carbocycles. The number of alkyl halides is 6. The molecule has 2 aliphatic heterocycles. The fraction of sp³-hybridized carbons (Fsp3) is 0.250. The van der Waals surface area contributed by atoms with E-state index in [1.54, 1.807) is 0 Å². The fourth-order valence-electron chi connectivity index (χ4n) is 4.83. The zero-order valence-electron chi connectivity index (χ0n) is 22.1. The molecule has 1 fully saturated rings. The Bertz CT molecular complexity index is 1650. The zero-order valence-corrected chi connectivity index (χ0v) is 23.7. The van der Waals surface area contributed by atoms with E-state index in [1.165, 1.54) is 34.1 Å². The lowest BCUT2D eigenvalue weighted by Crippen LogP contribution is -2.60. The number of benzene rings is 3. The lowest BCUT2D eigenvalue weighted by atomic mass is 9.99. The first-order valence-corrected chi connectivity index (χ1v) is 13.5. The molecule has 0 saturated carbocycles. The van der Waals surface area contributed by atoms with Crippen LogP contribution in [0.25, 0.3) is 11.1 Å². The van der Waals surface area contributed by atoms with Crippen LogP contribution in [0.4, 0.5) is 32.0 Å². The van der Waals surface area contributed by atoms with Crippen molar-refractivity contribution in [3.05, 3.63) is 70.2 Å². The number of carbonyl (C=O) groups excluding carboxylic acids is 3. The summed E-state index contributed by atoms with van der Waals surface area (Å²) in [4.78, 5) is 42.1. The van der Waals surface area contributed by atoms with E-state index < -0.39 is 60.0 Å². The SMILES string of the molecule is O=C1Nc2ccc(-c3cc(O)cc(C(F)(F)F)c3)cc2C(=O)N2CCN(C(=O)COc3ccc(OC(F)(F)F)cc3Br)C[C@@H]12. The van der Waals surface area contributed by atoms with E-state index in [0.717, 1.165) is 24.3 Å². The molecule has 3 aromatic rings. The summed E-state index contributed by atoms with van der Waals surface area (Å²) in [5, 5.41) is 12.5. The summed E-state index contributed by atoms with van der Waals surface area (Å²) < 4.78 is 86.6. The van der Waals surface area contributed by atoms with E-state index in [-0.39, 0.29) is 52.2 Å². The van der Waals surface area contributed by atoms with Gasteiger partial charge in [0.15, 0.2) is 6.61 Å². The van der Waals surface area contributed by atoms with Crippen LogP contribution in [0.15, 0.2) is 59.1 Å². The largest absolute Gasteiger partial charge is 0.573 e. The summed E-state index contributed by atoms with van der Waals surface area (Å²) in [5.41, 5.74) is -0.739. The number of hydrogen-bond acceptors (Lipinski definition) is 6. The number of rotatable bonds is 5. The predicted molar refractivity (Wildman–Crippen MR) is 145 cm³/mol. The first kappa shape index (κ1) is 31.0. The Balaban J connectivity index is 1.29. The van der Waals surface area contributed by atoms with E-state index in [4.69, 9.17) is 4.74 Å². The number of hydrogen-bond donors (Lipinski definition) is 2. The summed E-state index contributed by atoms with van der Waals surface area (Å²) in [6, 6.07) is 8.74. The zero-order chi connectivity index (χ0) is 32.0. The third-order valence-corrected chi connectivity index (χ3v) is 7.49. The van der Waals surface area contributed by atoms with Crippen LogP contribution in [-0.4, -0.2) is 71.3 Å². The van der Waals surface area contributed by atoms with Crippen LogP contribution in [0, 0.1) is 0 Å². The second kappa shape index (κ2) is 11.6. The molecule has 2 aliphatic rings. The highest BCUT2D eigenvalue weighted by Crippen LogP contribution is 2.37. The summed E-state index contributed by atoms with van der Waals surface area (Å²) in [6.07, 6.45) is -9.60. The van der Waals surface area contributed by atoms with Gasteiger partial charge in [0, 0.05) is 13.1 Å². The summed E-state index contributed by atoms with van der Waals surface area (Å²) >= 11 is 3.06. The molecule has 2 heterocycles. The number of nitrogens with one attached hydrogen (secondary N) is 1. The predicted octanol–water partition coefficient (Wildman–Crippen LogP) is 5.42. The lowest BCUT2D eigenvalue weighted by Gasteiger charge is -2.39. The molecule has 3 aromatic carbocycles. The molecule has 5 rings (SSSR count). The highest BCUT2D eigenvalue weighted by Gasteiger charge is 2.41. The van der Waals surface area contributed by atoms with Gasteiger partial charge in [-0.25, -0.2) is 0 Å². The maximum atomic E-state index is 13.5. The third kappa shape index (κ3) is 6.69. The van der Waals surface area contributed by atoms with Crippen molar-refractivity contribution in [3.63, 3.8) is 0 Å². The molecular weight excluding hydrogens is 668 g/mol. The number of ether oxygens (including phenoxy) is 2.